The van der Waals surface area contributed by atoms with E-state index in [-0.39, 0.29) is 6.04 Å². The van der Waals surface area contributed by atoms with Crippen LogP contribution >= 0.6 is 0 Å². The van der Waals surface area contributed by atoms with Crippen molar-refractivity contribution in [2.75, 3.05) is 20.8 Å². The zero-order chi connectivity index (χ0) is 19.5. The lowest BCUT2D eigenvalue weighted by Crippen LogP contribution is -2.30. The van der Waals surface area contributed by atoms with Crippen molar-refractivity contribution in [1.29, 1.82) is 0 Å². The van der Waals surface area contributed by atoms with E-state index in [1.807, 2.05) is 6.07 Å². The van der Waals surface area contributed by atoms with Crippen molar-refractivity contribution in [1.82, 2.24) is 9.47 Å². The van der Waals surface area contributed by atoms with Gasteiger partial charge in [0.05, 0.1) is 20.3 Å². The molecule has 28 heavy (non-hydrogen) atoms. The topological polar surface area (TPSA) is 26.6 Å². The number of aromatic nitrogens is 1. The second-order valence-corrected chi connectivity index (χ2v) is 7.40. The number of hydrogen-bond donors (Lipinski definition) is 0. The summed E-state index contributed by atoms with van der Waals surface area (Å²) in [6.07, 6.45) is 3.35. The van der Waals surface area contributed by atoms with Crippen molar-refractivity contribution in [2.45, 2.75) is 32.5 Å². The summed E-state index contributed by atoms with van der Waals surface area (Å²) >= 11 is 0. The summed E-state index contributed by atoms with van der Waals surface area (Å²) in [6.45, 7) is 5.19. The number of aryl methyl sites for hydroxylation is 2. The third-order valence-electron chi connectivity index (χ3n) is 5.67. The Bertz CT molecular complexity index is 947. The van der Waals surface area contributed by atoms with Crippen molar-refractivity contribution in [3.63, 3.8) is 0 Å². The summed E-state index contributed by atoms with van der Waals surface area (Å²) in [5, 5.41) is 0. The van der Waals surface area contributed by atoms with Crippen LogP contribution in [0.5, 0.6) is 11.5 Å². The van der Waals surface area contributed by atoms with E-state index in [9.17, 15) is 0 Å². The van der Waals surface area contributed by atoms with Gasteiger partial charge < -0.3 is 14.0 Å². The van der Waals surface area contributed by atoms with Gasteiger partial charge in [-0.2, -0.15) is 0 Å². The molecule has 0 bridgehead atoms. The van der Waals surface area contributed by atoms with Crippen molar-refractivity contribution in [3.05, 3.63) is 83.2 Å². The highest BCUT2D eigenvalue weighted by Gasteiger charge is 2.28. The standard InChI is InChI=1S/C24H28N2O2/c1-18-8-4-5-9-20(18)24-21-10-6-13-25(21)14-7-15-26(24)17-19-11-12-22(27-2)23(16-19)28-3/h4-6,8-13,16,24H,7,14-15,17H2,1-3H3/t24-/m0/s1. The molecule has 0 amide bonds. The molecule has 4 rings (SSSR count). The van der Waals surface area contributed by atoms with E-state index < -0.39 is 0 Å². The Balaban J connectivity index is 1.73. The SMILES string of the molecule is COc1ccc(CN2CCCn3cccc3[C@@H]2c2ccccc2C)cc1OC. The minimum Gasteiger partial charge on any atom is -0.493 e. The highest BCUT2D eigenvalue weighted by atomic mass is 16.5. The molecule has 4 heteroatoms. The van der Waals surface area contributed by atoms with E-state index in [1.54, 1.807) is 14.2 Å². The van der Waals surface area contributed by atoms with Crippen molar-refractivity contribution < 1.29 is 9.47 Å². The quantitative estimate of drug-likeness (QED) is 0.639. The first-order valence-electron chi connectivity index (χ1n) is 9.87. The Morgan fingerprint density at radius 2 is 1.75 bits per heavy atom. The van der Waals surface area contributed by atoms with Gasteiger partial charge in [-0.15, -0.1) is 0 Å². The fourth-order valence-corrected chi connectivity index (χ4v) is 4.27. The first kappa shape index (κ1) is 18.6. The molecule has 0 saturated heterocycles. The second-order valence-electron chi connectivity index (χ2n) is 7.40. The molecule has 0 fully saturated rings. The summed E-state index contributed by atoms with van der Waals surface area (Å²) in [5.41, 5.74) is 5.31. The van der Waals surface area contributed by atoms with Crippen LogP contribution in [-0.2, 0) is 13.1 Å². The van der Waals surface area contributed by atoms with Crippen LogP contribution in [0.15, 0.2) is 60.8 Å². The number of rotatable bonds is 5. The van der Waals surface area contributed by atoms with Gasteiger partial charge in [0.15, 0.2) is 11.5 Å². The normalized spacial score (nSPS) is 17.0. The lowest BCUT2D eigenvalue weighted by Gasteiger charge is -2.31. The van der Waals surface area contributed by atoms with Gasteiger partial charge in [0, 0.05) is 31.5 Å². The zero-order valence-corrected chi connectivity index (χ0v) is 16.9. The summed E-state index contributed by atoms with van der Waals surface area (Å²) in [6, 6.07) is 19.7. The van der Waals surface area contributed by atoms with Crippen molar-refractivity contribution in [2.24, 2.45) is 0 Å². The minimum atomic E-state index is 0.242. The molecule has 1 aliphatic rings. The molecule has 0 aliphatic carbocycles. The molecule has 146 valence electrons. The van der Waals surface area contributed by atoms with E-state index in [0.717, 1.165) is 37.6 Å². The van der Waals surface area contributed by atoms with Crippen molar-refractivity contribution in [3.8, 4) is 11.5 Å². The average molecular weight is 377 g/mol. The van der Waals surface area contributed by atoms with Crippen LogP contribution in [0, 0.1) is 6.92 Å². The van der Waals surface area contributed by atoms with Gasteiger partial charge in [-0.1, -0.05) is 30.3 Å². The largest absolute Gasteiger partial charge is 0.493 e. The Hall–Kier alpha value is -2.72. The zero-order valence-electron chi connectivity index (χ0n) is 16.9. The second kappa shape index (κ2) is 8.11. The molecular formula is C24H28N2O2. The van der Waals surface area contributed by atoms with Crippen LogP contribution in [0.4, 0.5) is 0 Å². The van der Waals surface area contributed by atoms with Gasteiger partial charge in [0.1, 0.15) is 0 Å². The molecule has 2 heterocycles. The summed E-state index contributed by atoms with van der Waals surface area (Å²) < 4.78 is 13.3. The van der Waals surface area contributed by atoms with E-state index in [0.29, 0.717) is 0 Å². The number of ether oxygens (including phenoxy) is 2. The van der Waals surface area contributed by atoms with Crippen LogP contribution in [0.2, 0.25) is 0 Å². The van der Waals surface area contributed by atoms with Gasteiger partial charge in [-0.25, -0.2) is 0 Å². The van der Waals surface area contributed by atoms with Crippen LogP contribution in [0.25, 0.3) is 0 Å². The predicted molar refractivity (Wildman–Crippen MR) is 112 cm³/mol. The van der Waals surface area contributed by atoms with E-state index in [1.165, 1.54) is 22.4 Å². The number of fused-ring (bicyclic) bond motifs is 1. The summed E-state index contributed by atoms with van der Waals surface area (Å²) in [7, 11) is 3.37. The Morgan fingerprint density at radius 3 is 2.54 bits per heavy atom. The Morgan fingerprint density at radius 1 is 0.929 bits per heavy atom. The molecule has 2 aromatic carbocycles. The molecule has 1 atom stereocenters. The van der Waals surface area contributed by atoms with Crippen LogP contribution in [-0.4, -0.2) is 30.2 Å². The number of methoxy groups -OCH3 is 2. The maximum Gasteiger partial charge on any atom is 0.161 e. The lowest BCUT2D eigenvalue weighted by molar-refractivity contribution is 0.219. The van der Waals surface area contributed by atoms with Crippen LogP contribution in [0.1, 0.15) is 34.8 Å². The molecule has 0 radical (unpaired) electrons. The van der Waals surface area contributed by atoms with Gasteiger partial charge in [-0.05, 0) is 54.3 Å². The van der Waals surface area contributed by atoms with Gasteiger partial charge in [0.2, 0.25) is 0 Å². The minimum absolute atomic E-state index is 0.242. The molecular weight excluding hydrogens is 348 g/mol. The average Bonchev–Trinajstić information content (AvgIpc) is 3.10. The Kier molecular flexibility index (Phi) is 5.40. The number of benzene rings is 2. The smallest absolute Gasteiger partial charge is 0.161 e. The fraction of sp³-hybridized carbons (Fsp3) is 0.333. The molecule has 1 aliphatic heterocycles. The van der Waals surface area contributed by atoms with Gasteiger partial charge in [0.25, 0.3) is 0 Å². The van der Waals surface area contributed by atoms with Crippen LogP contribution in [0.3, 0.4) is 0 Å². The maximum atomic E-state index is 5.52. The van der Waals surface area contributed by atoms with Gasteiger partial charge >= 0.3 is 0 Å². The molecule has 4 nitrogen and oxygen atoms in total. The maximum absolute atomic E-state index is 5.52. The predicted octanol–water partition coefficient (Wildman–Crippen LogP) is 4.81. The highest BCUT2D eigenvalue weighted by Crippen LogP contribution is 2.35. The first-order chi connectivity index (χ1) is 13.7. The Labute approximate surface area is 167 Å². The van der Waals surface area contributed by atoms with Crippen molar-refractivity contribution >= 4 is 0 Å². The molecule has 0 saturated carbocycles. The van der Waals surface area contributed by atoms with E-state index in [2.05, 4.69) is 71.1 Å². The highest BCUT2D eigenvalue weighted by molar-refractivity contribution is 5.43. The number of hydrogen-bond acceptors (Lipinski definition) is 3. The monoisotopic (exact) mass is 376 g/mol. The molecule has 0 spiro atoms. The third-order valence-corrected chi connectivity index (χ3v) is 5.67. The molecule has 0 N–H and O–H groups in total. The lowest BCUT2D eigenvalue weighted by atomic mass is 9.96. The summed E-state index contributed by atoms with van der Waals surface area (Å²) in [4.78, 5) is 2.59. The molecule has 0 unspecified atom stereocenters. The number of nitrogens with zero attached hydrogens (tertiary/aromatic N) is 2. The first-order valence-corrected chi connectivity index (χ1v) is 9.87. The van der Waals surface area contributed by atoms with E-state index in [4.69, 9.17) is 9.47 Å². The van der Waals surface area contributed by atoms with Gasteiger partial charge in [-0.3, -0.25) is 4.90 Å². The fourth-order valence-electron chi connectivity index (χ4n) is 4.27. The van der Waals surface area contributed by atoms with E-state index >= 15 is 0 Å². The van der Waals surface area contributed by atoms with Crippen LogP contribution < -0.4 is 9.47 Å². The molecule has 3 aromatic rings. The summed E-state index contributed by atoms with van der Waals surface area (Å²) in [5.74, 6) is 1.55. The molecule has 1 aromatic heterocycles. The third kappa shape index (κ3) is 3.52.